The summed E-state index contributed by atoms with van der Waals surface area (Å²) < 4.78 is 0. The van der Waals surface area contributed by atoms with Gasteiger partial charge in [-0.15, -0.1) is 0 Å². The number of amidine groups is 1. The van der Waals surface area contributed by atoms with Gasteiger partial charge in [-0.2, -0.15) is 5.10 Å². The molecule has 0 aliphatic rings. The zero-order valence-electron chi connectivity index (χ0n) is 9.09. The molecule has 1 rings (SSSR count). The lowest BCUT2D eigenvalue weighted by Gasteiger charge is -1.98. The maximum Gasteiger partial charge on any atom is 0.178 e. The van der Waals surface area contributed by atoms with Crippen LogP contribution in [0.15, 0.2) is 4.99 Å². The number of hydrogen-bond acceptors (Lipinski definition) is 2. The predicted octanol–water partition coefficient (Wildman–Crippen LogP) is 1.93. The number of H-pyrrole nitrogens is 1. The minimum atomic E-state index is 0.633. The SMILES string of the molecule is CCC(N)=Nc1n[nH]c(CC)c1CC. The number of rotatable bonds is 4. The molecule has 0 amide bonds. The molecule has 0 fully saturated rings. The second-order valence-electron chi connectivity index (χ2n) is 3.17. The van der Waals surface area contributed by atoms with Crippen molar-refractivity contribution in [1.82, 2.24) is 10.2 Å². The number of nitrogens with one attached hydrogen (secondary N) is 1. The first-order valence-electron chi connectivity index (χ1n) is 5.12. The van der Waals surface area contributed by atoms with E-state index >= 15 is 0 Å². The van der Waals surface area contributed by atoms with Gasteiger partial charge in [-0.05, 0) is 12.8 Å². The third-order valence-electron chi connectivity index (χ3n) is 2.25. The molecule has 0 aliphatic carbocycles. The van der Waals surface area contributed by atoms with E-state index in [0.29, 0.717) is 5.84 Å². The molecule has 0 radical (unpaired) electrons. The smallest absolute Gasteiger partial charge is 0.178 e. The summed E-state index contributed by atoms with van der Waals surface area (Å²) in [4.78, 5) is 4.27. The molecule has 0 saturated carbocycles. The van der Waals surface area contributed by atoms with Crippen molar-refractivity contribution in [2.45, 2.75) is 40.0 Å². The van der Waals surface area contributed by atoms with Crippen LogP contribution in [-0.2, 0) is 12.8 Å². The fourth-order valence-corrected chi connectivity index (χ4v) is 1.36. The first-order valence-corrected chi connectivity index (χ1v) is 5.12. The van der Waals surface area contributed by atoms with Crippen LogP contribution in [0.2, 0.25) is 0 Å². The number of hydrogen-bond donors (Lipinski definition) is 2. The van der Waals surface area contributed by atoms with Crippen molar-refractivity contribution in [2.75, 3.05) is 0 Å². The molecule has 0 aliphatic heterocycles. The minimum Gasteiger partial charge on any atom is -0.387 e. The Labute approximate surface area is 84.6 Å². The van der Waals surface area contributed by atoms with Crippen molar-refractivity contribution in [1.29, 1.82) is 0 Å². The number of aryl methyl sites for hydroxylation is 1. The van der Waals surface area contributed by atoms with E-state index in [1.165, 1.54) is 5.56 Å². The first kappa shape index (κ1) is 10.8. The molecule has 3 N–H and O–H groups in total. The molecule has 1 heterocycles. The summed E-state index contributed by atoms with van der Waals surface area (Å²) in [6, 6.07) is 0. The molecule has 0 unspecified atom stereocenters. The van der Waals surface area contributed by atoms with Crippen LogP contribution in [0.4, 0.5) is 5.82 Å². The number of aliphatic imine (C=N–C) groups is 1. The van der Waals surface area contributed by atoms with E-state index in [1.807, 2.05) is 6.92 Å². The van der Waals surface area contributed by atoms with Gasteiger partial charge >= 0.3 is 0 Å². The summed E-state index contributed by atoms with van der Waals surface area (Å²) in [5.41, 5.74) is 8.02. The summed E-state index contributed by atoms with van der Waals surface area (Å²) in [6.45, 7) is 6.19. The van der Waals surface area contributed by atoms with Crippen LogP contribution in [0.5, 0.6) is 0 Å². The summed E-state index contributed by atoms with van der Waals surface area (Å²) in [7, 11) is 0. The Balaban J connectivity index is 3.03. The van der Waals surface area contributed by atoms with E-state index < -0.39 is 0 Å². The highest BCUT2D eigenvalue weighted by Crippen LogP contribution is 2.20. The van der Waals surface area contributed by atoms with Gasteiger partial charge in [0.1, 0.15) is 5.84 Å². The molecular formula is C10H18N4. The van der Waals surface area contributed by atoms with E-state index in [0.717, 1.165) is 30.8 Å². The third kappa shape index (κ3) is 2.13. The van der Waals surface area contributed by atoms with E-state index in [9.17, 15) is 0 Å². The van der Waals surface area contributed by atoms with Crippen LogP contribution in [0.1, 0.15) is 38.4 Å². The molecule has 0 bridgehead atoms. The molecule has 0 saturated heterocycles. The van der Waals surface area contributed by atoms with E-state index in [-0.39, 0.29) is 0 Å². The van der Waals surface area contributed by atoms with Gasteiger partial charge in [0.05, 0.1) is 0 Å². The molecule has 0 atom stereocenters. The number of nitrogens with zero attached hydrogens (tertiary/aromatic N) is 2. The average molecular weight is 194 g/mol. The lowest BCUT2D eigenvalue weighted by Crippen LogP contribution is -2.08. The summed E-state index contributed by atoms with van der Waals surface area (Å²) in [5, 5.41) is 7.15. The largest absolute Gasteiger partial charge is 0.387 e. The van der Waals surface area contributed by atoms with Crippen molar-refractivity contribution in [3.8, 4) is 0 Å². The van der Waals surface area contributed by atoms with Crippen LogP contribution >= 0.6 is 0 Å². The fraction of sp³-hybridized carbons (Fsp3) is 0.600. The van der Waals surface area contributed by atoms with Crippen molar-refractivity contribution >= 4 is 11.7 Å². The third-order valence-corrected chi connectivity index (χ3v) is 2.25. The highest BCUT2D eigenvalue weighted by molar-refractivity contribution is 5.82. The van der Waals surface area contributed by atoms with Crippen LogP contribution in [-0.4, -0.2) is 16.0 Å². The summed E-state index contributed by atoms with van der Waals surface area (Å²) in [6.07, 6.45) is 2.66. The molecule has 0 spiro atoms. The Hall–Kier alpha value is -1.32. The number of nitrogens with two attached hydrogens (primary N) is 1. The normalized spacial score (nSPS) is 12.1. The van der Waals surface area contributed by atoms with Gasteiger partial charge < -0.3 is 5.73 Å². The average Bonchev–Trinajstić information content (AvgIpc) is 2.59. The van der Waals surface area contributed by atoms with E-state index in [2.05, 4.69) is 29.0 Å². The van der Waals surface area contributed by atoms with E-state index in [1.54, 1.807) is 0 Å². The summed E-state index contributed by atoms with van der Waals surface area (Å²) in [5.74, 6) is 1.39. The first-order chi connectivity index (χ1) is 6.72. The van der Waals surface area contributed by atoms with Gasteiger partial charge in [0, 0.05) is 17.7 Å². The Morgan fingerprint density at radius 1 is 1.36 bits per heavy atom. The molecule has 4 nitrogen and oxygen atoms in total. The molecule has 78 valence electrons. The second-order valence-corrected chi connectivity index (χ2v) is 3.17. The number of aromatic nitrogens is 2. The maximum atomic E-state index is 5.68. The van der Waals surface area contributed by atoms with Crippen molar-refractivity contribution < 1.29 is 0 Å². The molecule has 4 heteroatoms. The Morgan fingerprint density at radius 3 is 2.57 bits per heavy atom. The van der Waals surface area contributed by atoms with Crippen LogP contribution in [0, 0.1) is 0 Å². The molecular weight excluding hydrogens is 176 g/mol. The number of aromatic amines is 1. The maximum absolute atomic E-state index is 5.68. The Kier molecular flexibility index (Phi) is 3.68. The predicted molar refractivity (Wildman–Crippen MR) is 58.9 cm³/mol. The van der Waals surface area contributed by atoms with Crippen LogP contribution < -0.4 is 5.73 Å². The highest BCUT2D eigenvalue weighted by Gasteiger charge is 2.08. The van der Waals surface area contributed by atoms with Gasteiger partial charge in [-0.1, -0.05) is 20.8 Å². The monoisotopic (exact) mass is 194 g/mol. The highest BCUT2D eigenvalue weighted by atomic mass is 15.2. The topological polar surface area (TPSA) is 67.1 Å². The molecule has 1 aromatic rings. The van der Waals surface area contributed by atoms with Crippen LogP contribution in [0.3, 0.4) is 0 Å². The standard InChI is InChI=1S/C10H18N4/c1-4-7-8(5-2)13-14-10(7)12-9(11)6-3/h4-6H2,1-3H3,(H3,11,12,13,14). The lowest BCUT2D eigenvalue weighted by atomic mass is 10.1. The quantitative estimate of drug-likeness (QED) is 0.568. The Bertz CT molecular complexity index is 325. The van der Waals surface area contributed by atoms with Gasteiger partial charge in [0.15, 0.2) is 5.82 Å². The second kappa shape index (κ2) is 4.79. The van der Waals surface area contributed by atoms with Gasteiger partial charge in [-0.3, -0.25) is 5.10 Å². The zero-order chi connectivity index (χ0) is 10.6. The lowest BCUT2D eigenvalue weighted by molar-refractivity contribution is 0.956. The summed E-state index contributed by atoms with van der Waals surface area (Å²) >= 11 is 0. The fourth-order valence-electron chi connectivity index (χ4n) is 1.36. The minimum absolute atomic E-state index is 0.633. The zero-order valence-corrected chi connectivity index (χ0v) is 9.09. The van der Waals surface area contributed by atoms with Gasteiger partial charge in [0.2, 0.25) is 0 Å². The van der Waals surface area contributed by atoms with Crippen molar-refractivity contribution in [3.63, 3.8) is 0 Å². The molecule has 1 aromatic heterocycles. The Morgan fingerprint density at radius 2 is 2.07 bits per heavy atom. The molecule has 14 heavy (non-hydrogen) atoms. The van der Waals surface area contributed by atoms with Gasteiger partial charge in [0.25, 0.3) is 0 Å². The van der Waals surface area contributed by atoms with E-state index in [4.69, 9.17) is 5.73 Å². The van der Waals surface area contributed by atoms with Crippen LogP contribution in [0.25, 0.3) is 0 Å². The van der Waals surface area contributed by atoms with Crippen molar-refractivity contribution in [3.05, 3.63) is 11.3 Å². The van der Waals surface area contributed by atoms with Crippen molar-refractivity contribution in [2.24, 2.45) is 10.7 Å². The van der Waals surface area contributed by atoms with Gasteiger partial charge in [-0.25, -0.2) is 4.99 Å². The molecule has 0 aromatic carbocycles.